The number of nitrogens with zero attached hydrogens (tertiary/aromatic N) is 1. The monoisotopic (exact) mass is 469 g/mol. The minimum atomic E-state index is -0.823. The van der Waals surface area contributed by atoms with Crippen LogP contribution in [0.1, 0.15) is 51.3 Å². The van der Waals surface area contributed by atoms with E-state index in [-0.39, 0.29) is 24.0 Å². The molecular formula is C27H32FNO5. The average Bonchev–Trinajstić information content (AvgIpc) is 3.05. The molecule has 34 heavy (non-hydrogen) atoms. The molecule has 3 rings (SSSR count). The Morgan fingerprint density at radius 1 is 1.03 bits per heavy atom. The number of benzene rings is 2. The number of hydrogen-bond donors (Lipinski definition) is 1. The molecule has 1 heterocycles. The number of likely N-dealkylation sites (tertiary alicyclic amines) is 1. The van der Waals surface area contributed by atoms with Crippen LogP contribution in [-0.2, 0) is 14.3 Å². The first-order chi connectivity index (χ1) is 16.2. The van der Waals surface area contributed by atoms with E-state index in [9.17, 15) is 19.1 Å². The van der Waals surface area contributed by atoms with Crippen LogP contribution < -0.4 is 4.74 Å². The molecule has 6 nitrogen and oxygen atoms in total. The van der Waals surface area contributed by atoms with Gasteiger partial charge in [0.2, 0.25) is 0 Å². The van der Waals surface area contributed by atoms with E-state index in [2.05, 4.69) is 0 Å². The van der Waals surface area contributed by atoms with E-state index in [1.807, 2.05) is 27.7 Å². The molecule has 1 amide bonds. The van der Waals surface area contributed by atoms with Gasteiger partial charge in [0, 0.05) is 18.7 Å². The zero-order valence-corrected chi connectivity index (χ0v) is 20.1. The van der Waals surface area contributed by atoms with Crippen LogP contribution in [0.15, 0.2) is 54.1 Å². The molecule has 7 heteroatoms. The molecule has 0 aromatic heterocycles. The maximum atomic E-state index is 13.6. The second kappa shape index (κ2) is 11.3. The first kappa shape index (κ1) is 25.4. The van der Waals surface area contributed by atoms with Crippen molar-refractivity contribution in [3.05, 3.63) is 71.0 Å². The van der Waals surface area contributed by atoms with Crippen LogP contribution in [0.3, 0.4) is 0 Å². The molecule has 1 N–H and O–H groups in total. The summed E-state index contributed by atoms with van der Waals surface area (Å²) < 4.78 is 24.8. The molecule has 0 aliphatic carbocycles. The van der Waals surface area contributed by atoms with Gasteiger partial charge in [0.05, 0.1) is 24.3 Å². The van der Waals surface area contributed by atoms with Crippen molar-refractivity contribution in [2.75, 3.05) is 19.8 Å². The number of ketones is 1. The minimum absolute atomic E-state index is 0.0164. The predicted octanol–water partition coefficient (Wildman–Crippen LogP) is 5.10. The second-order valence-electron chi connectivity index (χ2n) is 9.05. The SMILES string of the molecule is CC(C)COc1ccc(/C(O)=C2/C(=O)C(=O)N(CCCOC(C)C)C2c2ccc(F)cc2)cc1. The number of amides is 1. The van der Waals surface area contributed by atoms with Gasteiger partial charge in [-0.15, -0.1) is 0 Å². The van der Waals surface area contributed by atoms with Crippen LogP contribution in [0, 0.1) is 11.7 Å². The lowest BCUT2D eigenvalue weighted by Gasteiger charge is -2.25. The summed E-state index contributed by atoms with van der Waals surface area (Å²) in [5, 5.41) is 11.1. The van der Waals surface area contributed by atoms with Gasteiger partial charge in [0.15, 0.2) is 0 Å². The fourth-order valence-electron chi connectivity index (χ4n) is 3.78. The summed E-state index contributed by atoms with van der Waals surface area (Å²) in [5.41, 5.74) is 0.922. The summed E-state index contributed by atoms with van der Waals surface area (Å²) >= 11 is 0. The Morgan fingerprint density at radius 3 is 2.26 bits per heavy atom. The molecule has 2 aromatic rings. The molecule has 182 valence electrons. The summed E-state index contributed by atoms with van der Waals surface area (Å²) in [6.07, 6.45) is 0.570. The number of carbonyl (C=O) groups excluding carboxylic acids is 2. The molecule has 1 aliphatic heterocycles. The van der Waals surface area contributed by atoms with Crippen molar-refractivity contribution < 1.29 is 28.6 Å². The van der Waals surface area contributed by atoms with Crippen LogP contribution in [0.5, 0.6) is 5.75 Å². The lowest BCUT2D eigenvalue weighted by atomic mass is 9.95. The van der Waals surface area contributed by atoms with Crippen molar-refractivity contribution in [3.8, 4) is 5.75 Å². The van der Waals surface area contributed by atoms with Crippen molar-refractivity contribution in [1.29, 1.82) is 0 Å². The zero-order chi connectivity index (χ0) is 24.8. The predicted molar refractivity (Wildman–Crippen MR) is 128 cm³/mol. The fraction of sp³-hybridized carbons (Fsp3) is 0.407. The van der Waals surface area contributed by atoms with Gasteiger partial charge in [0.25, 0.3) is 11.7 Å². The highest BCUT2D eigenvalue weighted by atomic mass is 19.1. The maximum absolute atomic E-state index is 13.6. The zero-order valence-electron chi connectivity index (χ0n) is 20.1. The molecule has 0 bridgehead atoms. The highest BCUT2D eigenvalue weighted by Crippen LogP contribution is 2.39. The molecule has 1 saturated heterocycles. The second-order valence-corrected chi connectivity index (χ2v) is 9.05. The Kier molecular flexibility index (Phi) is 8.45. The van der Waals surface area contributed by atoms with Gasteiger partial charge >= 0.3 is 0 Å². The van der Waals surface area contributed by atoms with E-state index in [1.54, 1.807) is 24.3 Å². The number of rotatable bonds is 10. The normalized spacial score (nSPS) is 17.7. The number of halogens is 1. The lowest BCUT2D eigenvalue weighted by molar-refractivity contribution is -0.140. The number of carbonyl (C=O) groups is 2. The first-order valence-electron chi connectivity index (χ1n) is 11.6. The molecule has 1 aliphatic rings. The summed E-state index contributed by atoms with van der Waals surface area (Å²) in [6.45, 7) is 9.18. The van der Waals surface area contributed by atoms with Crippen LogP contribution in [-0.4, -0.2) is 47.6 Å². The quantitative estimate of drug-likeness (QED) is 0.227. The largest absolute Gasteiger partial charge is 0.507 e. The molecule has 1 atom stereocenters. The minimum Gasteiger partial charge on any atom is -0.507 e. The molecular weight excluding hydrogens is 437 g/mol. The van der Waals surface area contributed by atoms with Gasteiger partial charge in [-0.25, -0.2) is 4.39 Å². The van der Waals surface area contributed by atoms with Gasteiger partial charge in [-0.3, -0.25) is 9.59 Å². The molecule has 0 radical (unpaired) electrons. The van der Waals surface area contributed by atoms with E-state index in [4.69, 9.17) is 9.47 Å². The van der Waals surface area contributed by atoms with Crippen LogP contribution in [0.2, 0.25) is 0 Å². The number of aliphatic hydroxyl groups is 1. The standard InChI is InChI=1S/C27H32FNO5/c1-17(2)16-34-22-12-8-20(9-13-22)25(30)23-24(19-6-10-21(28)11-7-19)29(27(32)26(23)31)14-5-15-33-18(3)4/h6-13,17-18,24,30H,5,14-16H2,1-4H3/b25-23-. The van der Waals surface area contributed by atoms with Gasteiger partial charge < -0.3 is 19.5 Å². The van der Waals surface area contributed by atoms with E-state index in [0.29, 0.717) is 42.4 Å². The topological polar surface area (TPSA) is 76.1 Å². The van der Waals surface area contributed by atoms with E-state index in [1.165, 1.54) is 29.2 Å². The fourth-order valence-corrected chi connectivity index (χ4v) is 3.78. The van der Waals surface area contributed by atoms with Crippen molar-refractivity contribution in [2.45, 2.75) is 46.3 Å². The van der Waals surface area contributed by atoms with Crippen molar-refractivity contribution in [1.82, 2.24) is 4.90 Å². The van der Waals surface area contributed by atoms with Gasteiger partial charge in [-0.05, 0) is 68.1 Å². The summed E-state index contributed by atoms with van der Waals surface area (Å²) in [5.74, 6) is -1.15. The third-order valence-corrected chi connectivity index (χ3v) is 5.43. The van der Waals surface area contributed by atoms with Gasteiger partial charge in [0.1, 0.15) is 17.3 Å². The van der Waals surface area contributed by atoms with Crippen molar-refractivity contribution in [2.24, 2.45) is 5.92 Å². The van der Waals surface area contributed by atoms with Crippen molar-refractivity contribution in [3.63, 3.8) is 0 Å². The number of hydrogen-bond acceptors (Lipinski definition) is 5. The smallest absolute Gasteiger partial charge is 0.295 e. The Hall–Kier alpha value is -3.19. The summed E-state index contributed by atoms with van der Waals surface area (Å²) in [4.78, 5) is 27.4. The highest BCUT2D eigenvalue weighted by molar-refractivity contribution is 6.46. The number of ether oxygens (including phenoxy) is 2. The third-order valence-electron chi connectivity index (χ3n) is 5.43. The van der Waals surface area contributed by atoms with E-state index >= 15 is 0 Å². The summed E-state index contributed by atoms with van der Waals surface area (Å²) in [6, 6.07) is 11.5. The number of Topliss-reactive ketones (excluding diaryl/α,β-unsaturated/α-hetero) is 1. The van der Waals surface area contributed by atoms with Crippen molar-refractivity contribution >= 4 is 17.4 Å². The molecule has 1 fully saturated rings. The Labute approximate surface area is 200 Å². The van der Waals surface area contributed by atoms with E-state index in [0.717, 1.165) is 0 Å². The summed E-state index contributed by atoms with van der Waals surface area (Å²) in [7, 11) is 0. The third kappa shape index (κ3) is 6.03. The Balaban J connectivity index is 1.95. The Bertz CT molecular complexity index is 1030. The molecule has 2 aromatic carbocycles. The lowest BCUT2D eigenvalue weighted by Crippen LogP contribution is -2.31. The Morgan fingerprint density at radius 2 is 1.68 bits per heavy atom. The average molecular weight is 470 g/mol. The maximum Gasteiger partial charge on any atom is 0.295 e. The molecule has 0 saturated carbocycles. The number of aliphatic hydroxyl groups excluding tert-OH is 1. The van der Waals surface area contributed by atoms with Crippen LogP contribution in [0.4, 0.5) is 4.39 Å². The van der Waals surface area contributed by atoms with Gasteiger partial charge in [-0.1, -0.05) is 26.0 Å². The highest BCUT2D eigenvalue weighted by Gasteiger charge is 2.45. The molecule has 1 unspecified atom stereocenters. The van der Waals surface area contributed by atoms with Crippen LogP contribution >= 0.6 is 0 Å². The first-order valence-corrected chi connectivity index (χ1v) is 11.6. The van der Waals surface area contributed by atoms with Crippen LogP contribution in [0.25, 0.3) is 5.76 Å². The van der Waals surface area contributed by atoms with E-state index < -0.39 is 23.5 Å². The van der Waals surface area contributed by atoms with Gasteiger partial charge in [-0.2, -0.15) is 0 Å². The molecule has 0 spiro atoms.